The third-order valence-corrected chi connectivity index (χ3v) is 5.13. The third kappa shape index (κ3) is 5.13. The van der Waals surface area contributed by atoms with Crippen LogP contribution >= 0.6 is 0 Å². The van der Waals surface area contributed by atoms with Crippen LogP contribution in [-0.4, -0.2) is 52.1 Å². The average molecular weight is 420 g/mol. The zero-order valence-electron chi connectivity index (χ0n) is 17.3. The van der Waals surface area contributed by atoms with Crippen molar-refractivity contribution in [3.05, 3.63) is 64.5 Å². The van der Waals surface area contributed by atoms with E-state index >= 15 is 0 Å². The molecule has 1 aliphatic rings. The summed E-state index contributed by atoms with van der Waals surface area (Å²) >= 11 is 0. The largest absolute Gasteiger partial charge is 0.378 e. The number of hydrogen-bond donors (Lipinski definition) is 2. The number of aromatic nitrogens is 4. The molecule has 31 heavy (non-hydrogen) atoms. The number of aryl methyl sites for hydroxylation is 1. The fraction of sp³-hybridized carbons (Fsp3) is 0.318. The van der Waals surface area contributed by atoms with E-state index in [2.05, 4.69) is 30.2 Å². The Kier molecular flexibility index (Phi) is 6.32. The minimum atomic E-state index is -0.240. The van der Waals surface area contributed by atoms with Gasteiger partial charge in [0.25, 0.3) is 5.56 Å². The van der Waals surface area contributed by atoms with Crippen molar-refractivity contribution in [1.82, 2.24) is 19.9 Å². The number of morpholine rings is 1. The summed E-state index contributed by atoms with van der Waals surface area (Å²) in [6.45, 7) is 4.77. The molecule has 1 saturated heterocycles. The number of carbonyl (C=O) groups is 1. The highest BCUT2D eigenvalue weighted by Gasteiger charge is 2.14. The smallest absolute Gasteiger partial charge is 0.254 e. The van der Waals surface area contributed by atoms with Gasteiger partial charge in [-0.3, -0.25) is 14.6 Å². The van der Waals surface area contributed by atoms with Crippen LogP contribution in [0.2, 0.25) is 0 Å². The third-order valence-electron chi connectivity index (χ3n) is 5.13. The topological polar surface area (TPSA) is 113 Å². The van der Waals surface area contributed by atoms with Gasteiger partial charge in [-0.15, -0.1) is 0 Å². The first kappa shape index (κ1) is 20.7. The molecule has 0 bridgehead atoms. The second-order valence-electron chi connectivity index (χ2n) is 7.27. The van der Waals surface area contributed by atoms with E-state index in [1.807, 2.05) is 18.2 Å². The summed E-state index contributed by atoms with van der Waals surface area (Å²) in [5.74, 6) is 1.15. The van der Waals surface area contributed by atoms with E-state index in [4.69, 9.17) is 4.74 Å². The molecule has 4 heterocycles. The highest BCUT2D eigenvalue weighted by atomic mass is 16.5. The normalized spacial score (nSPS) is 13.8. The van der Waals surface area contributed by atoms with Gasteiger partial charge < -0.3 is 19.9 Å². The highest BCUT2D eigenvalue weighted by Crippen LogP contribution is 2.16. The molecule has 1 aliphatic heterocycles. The molecule has 3 aromatic heterocycles. The summed E-state index contributed by atoms with van der Waals surface area (Å²) < 4.78 is 5.35. The van der Waals surface area contributed by atoms with Gasteiger partial charge in [-0.05, 0) is 37.6 Å². The first-order chi connectivity index (χ1) is 15.1. The number of nitrogens with one attached hydrogen (secondary N) is 2. The van der Waals surface area contributed by atoms with Crippen molar-refractivity contribution in [2.24, 2.45) is 0 Å². The number of aromatic amines is 1. The van der Waals surface area contributed by atoms with Crippen LogP contribution in [0.25, 0.3) is 11.4 Å². The van der Waals surface area contributed by atoms with E-state index in [1.54, 1.807) is 31.6 Å². The molecule has 160 valence electrons. The minimum Gasteiger partial charge on any atom is -0.378 e. The molecule has 1 amide bonds. The lowest BCUT2D eigenvalue weighted by molar-refractivity contribution is -0.116. The lowest BCUT2D eigenvalue weighted by Crippen LogP contribution is -2.36. The lowest BCUT2D eigenvalue weighted by atomic mass is 10.1. The molecular formula is C22H24N6O3. The number of carbonyl (C=O) groups excluding carboxylic acids is 1. The zero-order chi connectivity index (χ0) is 21.6. The first-order valence-electron chi connectivity index (χ1n) is 10.2. The predicted octanol–water partition coefficient (Wildman–Crippen LogP) is 1.94. The molecule has 0 aliphatic carbocycles. The van der Waals surface area contributed by atoms with E-state index in [-0.39, 0.29) is 17.9 Å². The quantitative estimate of drug-likeness (QED) is 0.627. The maximum Gasteiger partial charge on any atom is 0.254 e. The zero-order valence-corrected chi connectivity index (χ0v) is 17.3. The van der Waals surface area contributed by atoms with Crippen LogP contribution in [0.1, 0.15) is 17.7 Å². The molecular weight excluding hydrogens is 396 g/mol. The molecule has 3 aromatic rings. The van der Waals surface area contributed by atoms with Gasteiger partial charge >= 0.3 is 0 Å². The second-order valence-corrected chi connectivity index (χ2v) is 7.27. The Balaban J connectivity index is 1.36. The van der Waals surface area contributed by atoms with Crippen LogP contribution in [0, 0.1) is 6.92 Å². The highest BCUT2D eigenvalue weighted by molar-refractivity contribution is 5.90. The Morgan fingerprint density at radius 2 is 2.06 bits per heavy atom. The number of anilines is 2. The summed E-state index contributed by atoms with van der Waals surface area (Å²) in [6.07, 6.45) is 5.41. The van der Waals surface area contributed by atoms with Crippen molar-refractivity contribution in [1.29, 1.82) is 0 Å². The van der Waals surface area contributed by atoms with E-state index in [9.17, 15) is 9.59 Å². The average Bonchev–Trinajstić information content (AvgIpc) is 2.80. The molecule has 0 spiro atoms. The number of pyridine rings is 2. The van der Waals surface area contributed by atoms with Crippen molar-refractivity contribution >= 4 is 17.4 Å². The lowest BCUT2D eigenvalue weighted by Gasteiger charge is -2.27. The summed E-state index contributed by atoms with van der Waals surface area (Å²) in [4.78, 5) is 42.8. The van der Waals surface area contributed by atoms with Gasteiger partial charge in [0.15, 0.2) is 0 Å². The summed E-state index contributed by atoms with van der Waals surface area (Å²) in [5.41, 5.74) is 2.23. The molecule has 1 fully saturated rings. The van der Waals surface area contributed by atoms with Crippen LogP contribution in [0.3, 0.4) is 0 Å². The molecule has 0 radical (unpaired) electrons. The number of H-pyrrole nitrogens is 1. The maximum atomic E-state index is 12.5. The Morgan fingerprint density at radius 1 is 1.23 bits per heavy atom. The minimum absolute atomic E-state index is 0.170. The van der Waals surface area contributed by atoms with E-state index in [0.29, 0.717) is 42.4 Å². The van der Waals surface area contributed by atoms with Crippen LogP contribution < -0.4 is 15.8 Å². The number of nitrogens with zero attached hydrogens (tertiary/aromatic N) is 4. The summed E-state index contributed by atoms with van der Waals surface area (Å²) in [5, 5.41) is 2.83. The fourth-order valence-corrected chi connectivity index (χ4v) is 3.45. The Morgan fingerprint density at radius 3 is 2.74 bits per heavy atom. The van der Waals surface area contributed by atoms with Gasteiger partial charge in [0.2, 0.25) is 5.91 Å². The second kappa shape index (κ2) is 9.48. The van der Waals surface area contributed by atoms with E-state index < -0.39 is 0 Å². The van der Waals surface area contributed by atoms with Gasteiger partial charge in [-0.2, -0.15) is 0 Å². The molecule has 0 aromatic carbocycles. The van der Waals surface area contributed by atoms with E-state index in [0.717, 1.165) is 24.5 Å². The summed E-state index contributed by atoms with van der Waals surface area (Å²) in [7, 11) is 0. The van der Waals surface area contributed by atoms with Crippen molar-refractivity contribution in [3.63, 3.8) is 0 Å². The van der Waals surface area contributed by atoms with Crippen molar-refractivity contribution in [2.75, 3.05) is 36.5 Å². The predicted molar refractivity (Wildman–Crippen MR) is 117 cm³/mol. The number of rotatable bonds is 6. The fourth-order valence-electron chi connectivity index (χ4n) is 3.45. The number of ether oxygens (including phenoxy) is 1. The van der Waals surface area contributed by atoms with Crippen LogP contribution in [0.15, 0.2) is 47.7 Å². The SMILES string of the molecule is Cc1nc(-c2cccnc2)[nH]c(=O)c1CCC(=O)Nc1ccc(N2CCOCC2)nc1. The van der Waals surface area contributed by atoms with E-state index in [1.165, 1.54) is 0 Å². The molecule has 9 heteroatoms. The molecule has 9 nitrogen and oxygen atoms in total. The van der Waals surface area contributed by atoms with Gasteiger partial charge in [0.1, 0.15) is 11.6 Å². The number of amides is 1. The first-order valence-corrected chi connectivity index (χ1v) is 10.2. The number of hydrogen-bond acceptors (Lipinski definition) is 7. The van der Waals surface area contributed by atoms with Crippen LogP contribution in [0.4, 0.5) is 11.5 Å². The molecule has 4 rings (SSSR count). The molecule has 0 atom stereocenters. The van der Waals surface area contributed by atoms with Gasteiger partial charge in [0.05, 0.1) is 25.1 Å². The molecule has 0 unspecified atom stereocenters. The monoisotopic (exact) mass is 420 g/mol. The van der Waals surface area contributed by atoms with Crippen molar-refractivity contribution < 1.29 is 9.53 Å². The standard InChI is InChI=1S/C22H24N6O3/c1-15-18(22(30)27-21(25-15)16-3-2-8-23-13-16)5-7-20(29)26-17-4-6-19(24-14-17)28-9-11-31-12-10-28/h2-4,6,8,13-14H,5,7,9-12H2,1H3,(H,26,29)(H,25,27,30). The van der Waals surface area contributed by atoms with Crippen molar-refractivity contribution in [2.45, 2.75) is 19.8 Å². The molecule has 2 N–H and O–H groups in total. The maximum absolute atomic E-state index is 12.5. The summed E-state index contributed by atoms with van der Waals surface area (Å²) in [6, 6.07) is 7.33. The van der Waals surface area contributed by atoms with Crippen LogP contribution in [0.5, 0.6) is 0 Å². The van der Waals surface area contributed by atoms with Gasteiger partial charge in [0, 0.05) is 48.7 Å². The van der Waals surface area contributed by atoms with Crippen LogP contribution in [-0.2, 0) is 16.0 Å². The molecule has 0 saturated carbocycles. The van der Waals surface area contributed by atoms with Crippen molar-refractivity contribution in [3.8, 4) is 11.4 Å². The Labute approximate surface area is 179 Å². The Hall–Kier alpha value is -3.59. The van der Waals surface area contributed by atoms with Gasteiger partial charge in [-0.1, -0.05) is 0 Å². The Bertz CT molecular complexity index is 1090. The van der Waals surface area contributed by atoms with Gasteiger partial charge in [-0.25, -0.2) is 9.97 Å².